The highest BCUT2D eigenvalue weighted by Gasteiger charge is 2.27. The Labute approximate surface area is 92.9 Å². The van der Waals surface area contributed by atoms with E-state index >= 15 is 0 Å². The molecule has 0 bridgehead atoms. The van der Waals surface area contributed by atoms with Crippen LogP contribution in [-0.4, -0.2) is 13.6 Å². The Balaban J connectivity index is 2.15. The van der Waals surface area contributed by atoms with E-state index in [-0.39, 0.29) is 0 Å². The van der Waals surface area contributed by atoms with Crippen molar-refractivity contribution in [2.24, 2.45) is 5.92 Å². The van der Waals surface area contributed by atoms with Crippen molar-refractivity contribution in [1.82, 2.24) is 5.32 Å². The van der Waals surface area contributed by atoms with Crippen LogP contribution in [0.2, 0.25) is 0 Å². The van der Waals surface area contributed by atoms with Gasteiger partial charge in [0.05, 0.1) is 0 Å². The van der Waals surface area contributed by atoms with Crippen molar-refractivity contribution in [3.8, 4) is 0 Å². The molecule has 1 aliphatic rings. The van der Waals surface area contributed by atoms with E-state index < -0.39 is 0 Å². The molecule has 1 nitrogen and oxygen atoms in total. The predicted molar refractivity (Wildman–Crippen MR) is 65.2 cm³/mol. The first-order valence-electron chi connectivity index (χ1n) is 6.02. The summed E-state index contributed by atoms with van der Waals surface area (Å²) in [6.07, 6.45) is 4.26. The zero-order chi connectivity index (χ0) is 10.7. The Bertz CT molecular complexity index is 315. The third-order valence-corrected chi connectivity index (χ3v) is 3.61. The molecule has 2 rings (SSSR count). The summed E-state index contributed by atoms with van der Waals surface area (Å²) in [7, 11) is 2.06. The molecule has 1 heteroatoms. The summed E-state index contributed by atoms with van der Waals surface area (Å²) >= 11 is 0. The van der Waals surface area contributed by atoms with Crippen molar-refractivity contribution >= 4 is 0 Å². The van der Waals surface area contributed by atoms with Crippen LogP contribution in [0.5, 0.6) is 0 Å². The third-order valence-electron chi connectivity index (χ3n) is 3.61. The Morgan fingerprint density at radius 1 is 1.40 bits per heavy atom. The molecule has 1 atom stereocenters. The number of benzene rings is 1. The maximum Gasteiger partial charge on any atom is 0.00198 e. The van der Waals surface area contributed by atoms with Crippen molar-refractivity contribution in [3.05, 3.63) is 35.4 Å². The predicted octanol–water partition coefficient (Wildman–Crippen LogP) is 3.10. The second-order valence-electron chi connectivity index (χ2n) is 4.77. The van der Waals surface area contributed by atoms with Crippen LogP contribution >= 0.6 is 0 Å². The summed E-state index contributed by atoms with van der Waals surface area (Å²) in [5.41, 5.74) is 2.90. The van der Waals surface area contributed by atoms with Gasteiger partial charge in [0.15, 0.2) is 0 Å². The molecule has 0 aromatic heterocycles. The fraction of sp³-hybridized carbons (Fsp3) is 0.571. The highest BCUT2D eigenvalue weighted by atomic mass is 14.8. The van der Waals surface area contributed by atoms with Gasteiger partial charge in [-0.05, 0) is 44.2 Å². The van der Waals surface area contributed by atoms with Crippen LogP contribution in [0, 0.1) is 12.8 Å². The molecule has 0 spiro atoms. The fourth-order valence-electron chi connectivity index (χ4n) is 2.52. The van der Waals surface area contributed by atoms with Gasteiger partial charge >= 0.3 is 0 Å². The highest BCUT2D eigenvalue weighted by Crippen LogP contribution is 2.39. The van der Waals surface area contributed by atoms with Crippen LogP contribution in [-0.2, 0) is 0 Å². The van der Waals surface area contributed by atoms with Crippen LogP contribution in [0.1, 0.15) is 36.3 Å². The molecular weight excluding hydrogens is 182 g/mol. The van der Waals surface area contributed by atoms with E-state index in [4.69, 9.17) is 0 Å². The lowest BCUT2D eigenvalue weighted by molar-refractivity contribution is 0.257. The summed E-state index contributed by atoms with van der Waals surface area (Å²) < 4.78 is 0. The number of aryl methyl sites for hydroxylation is 1. The van der Waals surface area contributed by atoms with E-state index in [9.17, 15) is 0 Å². The molecule has 1 saturated carbocycles. The molecular formula is C14H21N. The largest absolute Gasteiger partial charge is 0.319 e. The SMILES string of the molecule is CNCC(c1cccc(C)c1)C1CCC1. The lowest BCUT2D eigenvalue weighted by Crippen LogP contribution is -2.28. The first-order valence-corrected chi connectivity index (χ1v) is 6.02. The second kappa shape index (κ2) is 4.80. The molecule has 1 aromatic carbocycles. The van der Waals surface area contributed by atoms with Gasteiger partial charge in [0, 0.05) is 6.54 Å². The quantitative estimate of drug-likeness (QED) is 0.793. The first-order chi connectivity index (χ1) is 7.31. The Morgan fingerprint density at radius 2 is 2.20 bits per heavy atom. The van der Waals surface area contributed by atoms with Gasteiger partial charge in [0.2, 0.25) is 0 Å². The summed E-state index contributed by atoms with van der Waals surface area (Å²) in [5, 5.41) is 3.33. The average Bonchev–Trinajstić information content (AvgIpc) is 2.14. The lowest BCUT2D eigenvalue weighted by Gasteiger charge is -2.34. The first kappa shape index (κ1) is 10.7. The van der Waals surface area contributed by atoms with Crippen molar-refractivity contribution < 1.29 is 0 Å². The zero-order valence-electron chi connectivity index (χ0n) is 9.79. The third kappa shape index (κ3) is 2.40. The van der Waals surface area contributed by atoms with Crippen molar-refractivity contribution in [2.45, 2.75) is 32.1 Å². The van der Waals surface area contributed by atoms with E-state index in [1.165, 1.54) is 30.4 Å². The minimum atomic E-state index is 0.726. The van der Waals surface area contributed by atoms with Crippen LogP contribution in [0.3, 0.4) is 0 Å². The van der Waals surface area contributed by atoms with Crippen LogP contribution in [0.4, 0.5) is 0 Å². The summed E-state index contributed by atoms with van der Waals surface area (Å²) in [5.74, 6) is 1.64. The van der Waals surface area contributed by atoms with Gasteiger partial charge in [0.25, 0.3) is 0 Å². The number of hydrogen-bond donors (Lipinski definition) is 1. The topological polar surface area (TPSA) is 12.0 Å². The normalized spacial score (nSPS) is 18.5. The molecule has 82 valence electrons. The van der Waals surface area contributed by atoms with Gasteiger partial charge in [0.1, 0.15) is 0 Å². The maximum absolute atomic E-state index is 3.33. The fourth-order valence-corrected chi connectivity index (χ4v) is 2.52. The van der Waals surface area contributed by atoms with E-state index in [0.717, 1.165) is 18.4 Å². The van der Waals surface area contributed by atoms with Gasteiger partial charge in [-0.3, -0.25) is 0 Å². The Kier molecular flexibility index (Phi) is 3.42. The Hall–Kier alpha value is -0.820. The smallest absolute Gasteiger partial charge is 0.00198 e. The molecule has 1 aromatic rings. The zero-order valence-corrected chi connectivity index (χ0v) is 9.79. The minimum Gasteiger partial charge on any atom is -0.319 e. The molecule has 15 heavy (non-hydrogen) atoms. The maximum atomic E-state index is 3.33. The highest BCUT2D eigenvalue weighted by molar-refractivity contribution is 5.26. The average molecular weight is 203 g/mol. The van der Waals surface area contributed by atoms with Gasteiger partial charge in [-0.1, -0.05) is 36.2 Å². The number of likely N-dealkylation sites (N-methyl/N-ethyl adjacent to an activating group) is 1. The van der Waals surface area contributed by atoms with Crippen LogP contribution in [0.15, 0.2) is 24.3 Å². The monoisotopic (exact) mass is 203 g/mol. The van der Waals surface area contributed by atoms with E-state index in [1.54, 1.807) is 0 Å². The lowest BCUT2D eigenvalue weighted by atomic mass is 9.73. The van der Waals surface area contributed by atoms with Crippen LogP contribution in [0.25, 0.3) is 0 Å². The van der Waals surface area contributed by atoms with Gasteiger partial charge in [-0.15, -0.1) is 0 Å². The van der Waals surface area contributed by atoms with Gasteiger partial charge < -0.3 is 5.32 Å². The molecule has 0 aliphatic heterocycles. The van der Waals surface area contributed by atoms with E-state index in [1.807, 2.05) is 0 Å². The Morgan fingerprint density at radius 3 is 2.73 bits per heavy atom. The summed E-state index contributed by atoms with van der Waals surface area (Å²) in [6, 6.07) is 9.00. The second-order valence-corrected chi connectivity index (χ2v) is 4.77. The molecule has 1 fully saturated rings. The molecule has 1 N–H and O–H groups in total. The molecule has 1 aliphatic carbocycles. The summed E-state index contributed by atoms with van der Waals surface area (Å²) in [6.45, 7) is 3.30. The number of rotatable bonds is 4. The molecule has 0 saturated heterocycles. The van der Waals surface area contributed by atoms with Crippen molar-refractivity contribution in [1.29, 1.82) is 0 Å². The molecule has 1 unspecified atom stereocenters. The molecule has 0 radical (unpaired) electrons. The summed E-state index contributed by atoms with van der Waals surface area (Å²) in [4.78, 5) is 0. The molecule has 0 amide bonds. The van der Waals surface area contributed by atoms with Crippen molar-refractivity contribution in [3.63, 3.8) is 0 Å². The number of nitrogens with one attached hydrogen (secondary N) is 1. The van der Waals surface area contributed by atoms with E-state index in [2.05, 4.69) is 43.6 Å². The van der Waals surface area contributed by atoms with Crippen LogP contribution < -0.4 is 5.32 Å². The van der Waals surface area contributed by atoms with E-state index in [0.29, 0.717) is 0 Å². The standard InChI is InChI=1S/C14H21N/c1-11-5-3-8-13(9-11)14(10-15-2)12-6-4-7-12/h3,5,8-9,12,14-15H,4,6-7,10H2,1-2H3. The van der Waals surface area contributed by atoms with Gasteiger partial charge in [-0.2, -0.15) is 0 Å². The minimum absolute atomic E-state index is 0.726. The van der Waals surface area contributed by atoms with Gasteiger partial charge in [-0.25, -0.2) is 0 Å². The molecule has 0 heterocycles. The number of hydrogen-bond acceptors (Lipinski definition) is 1. The van der Waals surface area contributed by atoms with Crippen molar-refractivity contribution in [2.75, 3.05) is 13.6 Å².